The number of halogens is 1. The van der Waals surface area contributed by atoms with Crippen LogP contribution in [0.25, 0.3) is 22.8 Å². The molecule has 3 N–H and O–H groups in total. The first kappa shape index (κ1) is 33.4. The van der Waals surface area contributed by atoms with E-state index in [1.165, 1.54) is 16.4 Å². The molecule has 0 bridgehead atoms. The third-order valence-corrected chi connectivity index (χ3v) is 8.69. The molecule has 0 saturated carbocycles. The molecule has 14 nitrogen and oxygen atoms in total. The first-order chi connectivity index (χ1) is 22.3. The summed E-state index contributed by atoms with van der Waals surface area (Å²) < 4.78 is 55.3. The fourth-order valence-electron chi connectivity index (χ4n) is 4.80. The fourth-order valence-corrected chi connectivity index (χ4v) is 6.14. The Kier molecular flexibility index (Phi) is 9.83. The molecule has 248 valence electrons. The first-order valence-corrected chi connectivity index (χ1v) is 16.1. The number of pyridine rings is 1. The molecule has 3 heterocycles. The molecule has 16 heteroatoms. The van der Waals surface area contributed by atoms with Gasteiger partial charge in [-0.2, -0.15) is 22.4 Å². The van der Waals surface area contributed by atoms with E-state index in [0.717, 1.165) is 11.9 Å². The number of carbonyl (C=O) groups excluding carboxylic acids is 1. The van der Waals surface area contributed by atoms with Gasteiger partial charge in [0, 0.05) is 43.6 Å². The van der Waals surface area contributed by atoms with Gasteiger partial charge in [-0.15, -0.1) is 0 Å². The lowest BCUT2D eigenvalue weighted by Gasteiger charge is -2.35. The topological polar surface area (TPSA) is 180 Å². The summed E-state index contributed by atoms with van der Waals surface area (Å²) in [4.78, 5) is 34.5. The van der Waals surface area contributed by atoms with Crippen molar-refractivity contribution in [1.29, 1.82) is 0 Å². The van der Waals surface area contributed by atoms with Crippen LogP contribution in [-0.2, 0) is 26.2 Å². The Labute approximate surface area is 270 Å². The number of rotatable bonds is 10. The molecule has 4 aromatic rings. The minimum absolute atomic E-state index is 0.00481. The van der Waals surface area contributed by atoms with Crippen molar-refractivity contribution >= 4 is 33.8 Å². The highest BCUT2D eigenvalue weighted by Crippen LogP contribution is 2.26. The van der Waals surface area contributed by atoms with Crippen molar-refractivity contribution in [3.63, 3.8) is 0 Å². The van der Waals surface area contributed by atoms with Gasteiger partial charge >= 0.3 is 12.1 Å². The Morgan fingerprint density at radius 2 is 1.79 bits per heavy atom. The second-order valence-corrected chi connectivity index (χ2v) is 13.4. The van der Waals surface area contributed by atoms with Gasteiger partial charge in [-0.1, -0.05) is 17.3 Å². The van der Waals surface area contributed by atoms with Crippen molar-refractivity contribution in [2.75, 3.05) is 36.4 Å². The lowest BCUT2D eigenvalue weighted by atomic mass is 10.0. The molecule has 1 aliphatic heterocycles. The average Bonchev–Trinajstić information content (AvgIpc) is 3.51. The van der Waals surface area contributed by atoms with Crippen LogP contribution < -0.4 is 14.9 Å². The summed E-state index contributed by atoms with van der Waals surface area (Å²) >= 11 is 0. The number of carboxylic acid groups (broad SMARTS) is 1. The minimum atomic E-state index is -4.15. The first-order valence-electron chi connectivity index (χ1n) is 14.7. The lowest BCUT2D eigenvalue weighted by molar-refractivity contribution is -0.138. The van der Waals surface area contributed by atoms with Crippen molar-refractivity contribution in [2.24, 2.45) is 0 Å². The van der Waals surface area contributed by atoms with E-state index in [4.69, 9.17) is 9.26 Å². The fraction of sp³-hybridized carbons (Fsp3) is 0.323. The molecule has 1 unspecified atom stereocenters. The van der Waals surface area contributed by atoms with E-state index in [1.807, 2.05) is 17.0 Å². The summed E-state index contributed by atoms with van der Waals surface area (Å²) in [5.41, 5.74) is 0.605. The zero-order chi connectivity index (χ0) is 33.8. The Bertz CT molecular complexity index is 1820. The Morgan fingerprint density at radius 3 is 2.40 bits per heavy atom. The minimum Gasteiger partial charge on any atom is -0.480 e. The van der Waals surface area contributed by atoms with Gasteiger partial charge in [0.2, 0.25) is 5.82 Å². The maximum Gasteiger partial charge on any atom is 0.412 e. The summed E-state index contributed by atoms with van der Waals surface area (Å²) in [5.74, 6) is -1.36. The smallest absolute Gasteiger partial charge is 0.412 e. The molecular formula is C31H34FN7O7S. The summed E-state index contributed by atoms with van der Waals surface area (Å²) in [5, 5.41) is 16.3. The van der Waals surface area contributed by atoms with Gasteiger partial charge in [0.25, 0.3) is 16.1 Å². The summed E-state index contributed by atoms with van der Waals surface area (Å²) in [6.07, 6.45) is 0.745. The number of nitrogens with one attached hydrogen (secondary N) is 2. The maximum atomic E-state index is 15.2. The van der Waals surface area contributed by atoms with E-state index >= 15 is 4.39 Å². The van der Waals surface area contributed by atoms with E-state index < -0.39 is 39.7 Å². The Balaban J connectivity index is 1.21. The number of anilines is 2. The van der Waals surface area contributed by atoms with Crippen LogP contribution in [0.2, 0.25) is 0 Å². The highest BCUT2D eigenvalue weighted by Gasteiger charge is 2.32. The number of aliphatic carboxylic acids is 1. The number of benzene rings is 2. The monoisotopic (exact) mass is 667 g/mol. The molecular weight excluding hydrogens is 633 g/mol. The van der Waals surface area contributed by atoms with E-state index in [9.17, 15) is 23.1 Å². The van der Waals surface area contributed by atoms with Crippen molar-refractivity contribution in [3.8, 4) is 22.8 Å². The van der Waals surface area contributed by atoms with Crippen LogP contribution in [0.1, 0.15) is 26.3 Å². The SMILES string of the molecule is CC(C)(C)OC(=O)Nc1ccc(-c2nc(-c3ccc(CC(NS(=O)(=O)N4CCN(c5ccccn5)CC4)C(=O)O)cc3F)no2)cc1. The van der Waals surface area contributed by atoms with E-state index in [0.29, 0.717) is 24.3 Å². The van der Waals surface area contributed by atoms with Crippen LogP contribution in [-0.4, -0.2) is 82.8 Å². The largest absolute Gasteiger partial charge is 0.480 e. The molecule has 0 spiro atoms. The van der Waals surface area contributed by atoms with Gasteiger partial charge in [-0.05, 0) is 81.3 Å². The van der Waals surface area contributed by atoms with Crippen LogP contribution in [0.3, 0.4) is 0 Å². The van der Waals surface area contributed by atoms with E-state index in [-0.39, 0.29) is 42.4 Å². The van der Waals surface area contributed by atoms with Gasteiger partial charge in [-0.25, -0.2) is 14.2 Å². The molecule has 1 fully saturated rings. The predicted molar refractivity (Wildman–Crippen MR) is 170 cm³/mol. The standard InChI is InChI=1S/C31H34FN7O7S/c1-31(2,3)45-30(42)34-22-10-8-21(9-11-22)28-35-27(36-46-28)23-12-7-20(18-24(23)32)19-25(29(40)41)37-47(43,44)39-16-14-38(15-17-39)26-6-4-5-13-33-26/h4-13,18,25,37H,14-17,19H2,1-3H3,(H,34,42)(H,40,41). The number of piperazine rings is 1. The molecule has 5 rings (SSSR count). The van der Waals surface area contributed by atoms with Gasteiger partial charge in [0.15, 0.2) is 0 Å². The summed E-state index contributed by atoms with van der Waals surface area (Å²) in [6.45, 7) is 6.32. The second kappa shape index (κ2) is 13.8. The van der Waals surface area contributed by atoms with Gasteiger partial charge in [0.1, 0.15) is 23.3 Å². The molecule has 0 aliphatic carbocycles. The Hall–Kier alpha value is -4.93. The highest BCUT2D eigenvalue weighted by atomic mass is 32.2. The highest BCUT2D eigenvalue weighted by molar-refractivity contribution is 7.87. The normalized spacial score (nSPS) is 14.9. The number of ether oxygens (including phenoxy) is 1. The second-order valence-electron chi connectivity index (χ2n) is 11.7. The van der Waals surface area contributed by atoms with E-state index in [2.05, 4.69) is 25.2 Å². The lowest BCUT2D eigenvalue weighted by Crippen LogP contribution is -2.55. The number of carboxylic acids is 1. The molecule has 1 saturated heterocycles. The molecule has 47 heavy (non-hydrogen) atoms. The summed E-state index contributed by atoms with van der Waals surface area (Å²) in [6, 6.07) is 14.4. The number of amides is 1. The van der Waals surface area contributed by atoms with Crippen LogP contribution in [0, 0.1) is 5.82 Å². The number of hydrogen-bond acceptors (Lipinski definition) is 10. The molecule has 0 radical (unpaired) electrons. The number of aromatic nitrogens is 3. The molecule has 1 aliphatic rings. The molecule has 2 aromatic carbocycles. The zero-order valence-corrected chi connectivity index (χ0v) is 26.7. The van der Waals surface area contributed by atoms with Crippen molar-refractivity contribution in [2.45, 2.75) is 38.8 Å². The van der Waals surface area contributed by atoms with Gasteiger partial charge in [0.05, 0.1) is 5.56 Å². The predicted octanol–water partition coefficient (Wildman–Crippen LogP) is 3.94. The number of nitrogens with zero attached hydrogens (tertiary/aromatic N) is 5. The van der Waals surface area contributed by atoms with Crippen LogP contribution in [0.4, 0.5) is 20.7 Å². The van der Waals surface area contributed by atoms with Crippen molar-refractivity contribution in [3.05, 3.63) is 78.2 Å². The zero-order valence-electron chi connectivity index (χ0n) is 25.9. The summed E-state index contributed by atoms with van der Waals surface area (Å²) in [7, 11) is -4.15. The molecule has 1 atom stereocenters. The number of carbonyl (C=O) groups is 2. The molecule has 2 aromatic heterocycles. The number of hydrogen-bond donors (Lipinski definition) is 3. The third kappa shape index (κ3) is 8.66. The van der Waals surface area contributed by atoms with Crippen molar-refractivity contribution in [1.82, 2.24) is 24.2 Å². The van der Waals surface area contributed by atoms with Gasteiger partial charge in [-0.3, -0.25) is 10.1 Å². The van der Waals surface area contributed by atoms with Crippen LogP contribution in [0.5, 0.6) is 0 Å². The quantitative estimate of drug-likeness (QED) is 0.223. The molecule has 1 amide bonds. The third-order valence-electron chi connectivity index (χ3n) is 7.06. The maximum absolute atomic E-state index is 15.2. The average molecular weight is 668 g/mol. The van der Waals surface area contributed by atoms with E-state index in [1.54, 1.807) is 57.3 Å². The van der Waals surface area contributed by atoms with Crippen LogP contribution in [0.15, 0.2) is 71.4 Å². The van der Waals surface area contributed by atoms with Gasteiger partial charge < -0.3 is 19.3 Å². The Morgan fingerprint density at radius 1 is 1.06 bits per heavy atom. The van der Waals surface area contributed by atoms with Crippen LogP contribution >= 0.6 is 0 Å². The van der Waals surface area contributed by atoms with Crippen molar-refractivity contribution < 1.29 is 36.8 Å².